The lowest BCUT2D eigenvalue weighted by molar-refractivity contribution is -0.123. The minimum Gasteiger partial charge on any atom is -0.328 e. The molecule has 1 aromatic rings. The number of amides is 1. The molecule has 3 nitrogen and oxygen atoms in total. The van der Waals surface area contributed by atoms with Gasteiger partial charge in [-0.1, -0.05) is 6.42 Å². The number of fused-ring (bicyclic) bond motifs is 1. The molecule has 1 aliphatic heterocycles. The van der Waals surface area contributed by atoms with Gasteiger partial charge in [-0.2, -0.15) is 0 Å². The number of carbonyl (C=O) groups is 1. The Kier molecular flexibility index (Phi) is 5.22. The molecule has 5 heteroatoms. The molecule has 1 aromatic carbocycles. The molecule has 116 valence electrons. The number of nitrogens with zero attached hydrogens (tertiary/aromatic N) is 1. The zero-order chi connectivity index (χ0) is 14.1. The quantitative estimate of drug-likeness (QED) is 0.866. The van der Waals surface area contributed by atoms with Crippen molar-refractivity contribution in [1.29, 1.82) is 0 Å². The van der Waals surface area contributed by atoms with Gasteiger partial charge in [-0.05, 0) is 55.9 Å². The summed E-state index contributed by atoms with van der Waals surface area (Å²) in [4.78, 5) is 14.6. The second kappa shape index (κ2) is 6.75. The Bertz CT molecular complexity index is 523. The maximum Gasteiger partial charge on any atom is 0.230 e. The number of hydrogen-bond acceptors (Lipinski definition) is 2. The van der Waals surface area contributed by atoms with Gasteiger partial charge in [0.05, 0.1) is 0 Å². The van der Waals surface area contributed by atoms with Crippen molar-refractivity contribution in [1.82, 2.24) is 0 Å². The number of anilines is 1. The molecule has 2 unspecified atom stereocenters. The first kappa shape index (κ1) is 16.2. The van der Waals surface area contributed by atoms with Crippen LogP contribution in [0.3, 0.4) is 0 Å². The summed E-state index contributed by atoms with van der Waals surface area (Å²) in [7, 11) is 0. The van der Waals surface area contributed by atoms with Crippen LogP contribution in [0.5, 0.6) is 0 Å². The Hall–Kier alpha value is -1.13. The highest BCUT2D eigenvalue weighted by molar-refractivity contribution is 5.96. The van der Waals surface area contributed by atoms with Crippen molar-refractivity contribution in [2.24, 2.45) is 11.7 Å². The van der Waals surface area contributed by atoms with Crippen LogP contribution < -0.4 is 10.6 Å². The van der Waals surface area contributed by atoms with Crippen LogP contribution in [0.15, 0.2) is 18.2 Å². The Balaban J connectivity index is 0.00000161. The molecule has 2 N–H and O–H groups in total. The van der Waals surface area contributed by atoms with Gasteiger partial charge in [-0.15, -0.1) is 12.4 Å². The number of nitrogens with two attached hydrogens (primary N) is 1. The highest BCUT2D eigenvalue weighted by Crippen LogP contribution is 2.32. The molecular weight excluding hydrogens is 291 g/mol. The highest BCUT2D eigenvalue weighted by Gasteiger charge is 2.31. The Labute approximate surface area is 131 Å². The van der Waals surface area contributed by atoms with Crippen LogP contribution in [-0.2, 0) is 11.2 Å². The first-order valence-corrected chi connectivity index (χ1v) is 7.50. The van der Waals surface area contributed by atoms with Gasteiger partial charge in [-0.3, -0.25) is 4.79 Å². The highest BCUT2D eigenvalue weighted by atomic mass is 35.5. The fraction of sp³-hybridized carbons (Fsp3) is 0.562. The second-order valence-electron chi connectivity index (χ2n) is 5.99. The molecule has 2 atom stereocenters. The van der Waals surface area contributed by atoms with Crippen LogP contribution in [0.1, 0.15) is 37.7 Å². The molecule has 21 heavy (non-hydrogen) atoms. The molecule has 2 aliphatic rings. The van der Waals surface area contributed by atoms with Gasteiger partial charge in [0.1, 0.15) is 5.82 Å². The third-order valence-corrected chi connectivity index (χ3v) is 4.49. The van der Waals surface area contributed by atoms with Gasteiger partial charge >= 0.3 is 0 Å². The third-order valence-electron chi connectivity index (χ3n) is 4.49. The maximum atomic E-state index is 13.3. The number of carbonyl (C=O) groups excluding carboxylic acids is 1. The van der Waals surface area contributed by atoms with Crippen molar-refractivity contribution in [3.8, 4) is 0 Å². The van der Waals surface area contributed by atoms with Crippen LogP contribution in [0, 0.1) is 11.7 Å². The molecular formula is C16H22ClFN2O. The third kappa shape index (κ3) is 3.38. The van der Waals surface area contributed by atoms with E-state index >= 15 is 0 Å². The predicted molar refractivity (Wildman–Crippen MR) is 84.3 cm³/mol. The van der Waals surface area contributed by atoms with Gasteiger partial charge in [0.15, 0.2) is 0 Å². The van der Waals surface area contributed by atoms with Gasteiger partial charge in [0.25, 0.3) is 0 Å². The lowest BCUT2D eigenvalue weighted by atomic mass is 9.84. The number of rotatable bonds is 1. The fourth-order valence-corrected chi connectivity index (χ4v) is 3.47. The van der Waals surface area contributed by atoms with Crippen molar-refractivity contribution >= 4 is 24.0 Å². The van der Waals surface area contributed by atoms with Gasteiger partial charge in [0.2, 0.25) is 5.91 Å². The van der Waals surface area contributed by atoms with E-state index in [-0.39, 0.29) is 36.1 Å². The van der Waals surface area contributed by atoms with E-state index in [1.807, 2.05) is 4.90 Å². The van der Waals surface area contributed by atoms with Gasteiger partial charge in [0, 0.05) is 24.2 Å². The molecule has 0 radical (unpaired) electrons. The summed E-state index contributed by atoms with van der Waals surface area (Å²) in [6.07, 6.45) is 5.51. The van der Waals surface area contributed by atoms with Gasteiger partial charge in [-0.25, -0.2) is 4.39 Å². The van der Waals surface area contributed by atoms with E-state index in [9.17, 15) is 9.18 Å². The summed E-state index contributed by atoms with van der Waals surface area (Å²) in [6.45, 7) is 0.739. The fourth-order valence-electron chi connectivity index (χ4n) is 3.47. The molecule has 0 saturated heterocycles. The van der Waals surface area contributed by atoms with E-state index in [0.717, 1.165) is 56.3 Å². The van der Waals surface area contributed by atoms with Crippen molar-refractivity contribution < 1.29 is 9.18 Å². The maximum absolute atomic E-state index is 13.3. The molecule has 0 aromatic heterocycles. The average Bonchev–Trinajstić information content (AvgIpc) is 2.45. The largest absolute Gasteiger partial charge is 0.328 e. The SMILES string of the molecule is Cl.NC1CCCC(C(=O)N2CCCc3cc(F)ccc32)C1. The topological polar surface area (TPSA) is 46.3 Å². The summed E-state index contributed by atoms with van der Waals surface area (Å²) >= 11 is 0. The molecule has 1 fully saturated rings. The molecule has 1 aliphatic carbocycles. The van der Waals surface area contributed by atoms with E-state index in [1.165, 1.54) is 6.07 Å². The summed E-state index contributed by atoms with van der Waals surface area (Å²) < 4.78 is 13.3. The Morgan fingerprint density at radius 2 is 2.10 bits per heavy atom. The number of benzene rings is 1. The van der Waals surface area contributed by atoms with Crippen molar-refractivity contribution in [2.45, 2.75) is 44.6 Å². The first-order chi connectivity index (χ1) is 9.65. The molecule has 1 heterocycles. The Morgan fingerprint density at radius 3 is 2.86 bits per heavy atom. The van der Waals surface area contributed by atoms with E-state index in [1.54, 1.807) is 12.1 Å². The van der Waals surface area contributed by atoms with Crippen molar-refractivity contribution in [3.05, 3.63) is 29.6 Å². The lowest BCUT2D eigenvalue weighted by Gasteiger charge is -2.34. The Morgan fingerprint density at radius 1 is 1.29 bits per heavy atom. The van der Waals surface area contributed by atoms with E-state index in [2.05, 4.69) is 0 Å². The monoisotopic (exact) mass is 312 g/mol. The van der Waals surface area contributed by atoms with Gasteiger partial charge < -0.3 is 10.6 Å². The lowest BCUT2D eigenvalue weighted by Crippen LogP contribution is -2.43. The summed E-state index contributed by atoms with van der Waals surface area (Å²) in [6, 6.07) is 4.89. The number of aryl methyl sites for hydroxylation is 1. The smallest absolute Gasteiger partial charge is 0.230 e. The molecule has 1 amide bonds. The van der Waals surface area contributed by atoms with Crippen LogP contribution in [-0.4, -0.2) is 18.5 Å². The predicted octanol–water partition coefficient (Wildman–Crippen LogP) is 3.04. The number of hydrogen-bond donors (Lipinski definition) is 1. The molecule has 0 spiro atoms. The molecule has 3 rings (SSSR count). The molecule has 0 bridgehead atoms. The minimum atomic E-state index is -0.224. The second-order valence-corrected chi connectivity index (χ2v) is 5.99. The van der Waals surface area contributed by atoms with E-state index in [4.69, 9.17) is 5.73 Å². The zero-order valence-electron chi connectivity index (χ0n) is 12.1. The van der Waals surface area contributed by atoms with E-state index in [0.29, 0.717) is 0 Å². The van der Waals surface area contributed by atoms with Crippen molar-refractivity contribution in [2.75, 3.05) is 11.4 Å². The van der Waals surface area contributed by atoms with Crippen LogP contribution in [0.2, 0.25) is 0 Å². The standard InChI is InChI=1S/C16H21FN2O.ClH/c17-13-6-7-15-11(9-13)4-2-8-19(15)16(20)12-3-1-5-14(18)10-12;/h6-7,9,12,14H,1-5,8,10,18H2;1H. The first-order valence-electron chi connectivity index (χ1n) is 7.50. The summed E-state index contributed by atoms with van der Waals surface area (Å²) in [5, 5.41) is 0. The van der Waals surface area contributed by atoms with Crippen LogP contribution in [0.4, 0.5) is 10.1 Å². The van der Waals surface area contributed by atoms with Crippen LogP contribution in [0.25, 0.3) is 0 Å². The minimum absolute atomic E-state index is 0. The summed E-state index contributed by atoms with van der Waals surface area (Å²) in [5.41, 5.74) is 7.83. The number of halogens is 2. The summed E-state index contributed by atoms with van der Waals surface area (Å²) in [5.74, 6) is -0.0137. The molecule has 1 saturated carbocycles. The normalized spacial score (nSPS) is 25.0. The average molecular weight is 313 g/mol. The van der Waals surface area contributed by atoms with E-state index < -0.39 is 0 Å². The zero-order valence-corrected chi connectivity index (χ0v) is 12.9. The van der Waals surface area contributed by atoms with Crippen molar-refractivity contribution in [3.63, 3.8) is 0 Å². The van der Waals surface area contributed by atoms with Crippen LogP contribution >= 0.6 is 12.4 Å².